The highest BCUT2D eigenvalue weighted by molar-refractivity contribution is 6.26. The van der Waals surface area contributed by atoms with Crippen LogP contribution in [0.4, 0.5) is 0 Å². The van der Waals surface area contributed by atoms with Gasteiger partial charge in [-0.3, -0.25) is 9.97 Å². The number of hydrogen-bond donors (Lipinski definition) is 0. The molecule has 0 atom stereocenters. The van der Waals surface area contributed by atoms with E-state index < -0.39 is 0 Å². The second-order valence-corrected chi connectivity index (χ2v) is 11.7. The van der Waals surface area contributed by atoms with Gasteiger partial charge in [-0.25, -0.2) is 0 Å². The van der Waals surface area contributed by atoms with Crippen LogP contribution in [0, 0.1) is 13.8 Å². The molecule has 0 fully saturated rings. The van der Waals surface area contributed by atoms with E-state index in [1.165, 1.54) is 54.6 Å². The Balaban J connectivity index is 1.20. The summed E-state index contributed by atoms with van der Waals surface area (Å²) in [4.78, 5) is 9.61. The first-order valence-corrected chi connectivity index (χ1v) is 15.1. The number of benzene rings is 6. The van der Waals surface area contributed by atoms with Gasteiger partial charge in [-0.05, 0) is 81.6 Å². The SMILES string of the molecule is Cc1ccc(-c2ccc(-c3ccc4c5ccc(-c6ccc(-c7ccc(C)cc7)nc6)cc5c5ccccc5c4c3)cn2)cc1. The summed E-state index contributed by atoms with van der Waals surface area (Å²) in [5.74, 6) is 0. The highest BCUT2D eigenvalue weighted by Gasteiger charge is 2.12. The van der Waals surface area contributed by atoms with Crippen LogP contribution in [0.3, 0.4) is 0 Å². The van der Waals surface area contributed by atoms with Gasteiger partial charge in [0.2, 0.25) is 0 Å². The molecule has 2 heteroatoms. The Labute approximate surface area is 257 Å². The van der Waals surface area contributed by atoms with Gasteiger partial charge >= 0.3 is 0 Å². The molecule has 0 saturated carbocycles. The maximum Gasteiger partial charge on any atom is 0.0702 e. The molecule has 0 bridgehead atoms. The highest BCUT2D eigenvalue weighted by atomic mass is 14.7. The predicted molar refractivity (Wildman–Crippen MR) is 186 cm³/mol. The molecule has 6 aromatic carbocycles. The molecule has 0 amide bonds. The molecule has 0 N–H and O–H groups in total. The summed E-state index contributed by atoms with van der Waals surface area (Å²) in [7, 11) is 0. The van der Waals surface area contributed by atoms with Crippen molar-refractivity contribution in [3.63, 3.8) is 0 Å². The number of pyridine rings is 2. The Morgan fingerprint density at radius 3 is 1.07 bits per heavy atom. The van der Waals surface area contributed by atoms with E-state index in [2.05, 4.69) is 147 Å². The van der Waals surface area contributed by atoms with Gasteiger partial charge in [0.05, 0.1) is 11.4 Å². The van der Waals surface area contributed by atoms with Crippen LogP contribution in [0.1, 0.15) is 11.1 Å². The molecule has 0 unspecified atom stereocenters. The zero-order chi connectivity index (χ0) is 29.6. The lowest BCUT2D eigenvalue weighted by atomic mass is 9.90. The van der Waals surface area contributed by atoms with Crippen LogP contribution in [0.2, 0.25) is 0 Å². The molecule has 208 valence electrons. The summed E-state index contributed by atoms with van der Waals surface area (Å²) >= 11 is 0. The van der Waals surface area contributed by atoms with Gasteiger partial charge in [-0.2, -0.15) is 0 Å². The molecule has 8 aromatic rings. The molecule has 2 aromatic heterocycles. The van der Waals surface area contributed by atoms with Crippen molar-refractivity contribution in [3.05, 3.63) is 157 Å². The van der Waals surface area contributed by atoms with Crippen molar-refractivity contribution in [2.45, 2.75) is 13.8 Å². The summed E-state index contributed by atoms with van der Waals surface area (Å²) in [6, 6.07) is 48.0. The summed E-state index contributed by atoms with van der Waals surface area (Å²) in [6.07, 6.45) is 3.98. The average molecular weight is 563 g/mol. The third-order valence-corrected chi connectivity index (χ3v) is 8.73. The van der Waals surface area contributed by atoms with Crippen molar-refractivity contribution >= 4 is 32.3 Å². The monoisotopic (exact) mass is 562 g/mol. The van der Waals surface area contributed by atoms with Crippen LogP contribution >= 0.6 is 0 Å². The quantitative estimate of drug-likeness (QED) is 0.199. The Kier molecular flexibility index (Phi) is 6.27. The van der Waals surface area contributed by atoms with E-state index in [1.54, 1.807) is 0 Å². The molecule has 0 aliphatic heterocycles. The van der Waals surface area contributed by atoms with Crippen LogP contribution in [0.25, 0.3) is 77.1 Å². The van der Waals surface area contributed by atoms with Crippen LogP contribution in [-0.2, 0) is 0 Å². The first-order chi connectivity index (χ1) is 21.6. The second kappa shape index (κ2) is 10.6. The van der Waals surface area contributed by atoms with E-state index in [-0.39, 0.29) is 0 Å². The van der Waals surface area contributed by atoms with Gasteiger partial charge in [0.15, 0.2) is 0 Å². The molecule has 0 aliphatic rings. The summed E-state index contributed by atoms with van der Waals surface area (Å²) < 4.78 is 0. The maximum atomic E-state index is 4.81. The molecule has 2 nitrogen and oxygen atoms in total. The summed E-state index contributed by atoms with van der Waals surface area (Å²) in [5.41, 5.74) is 11.3. The Hall–Kier alpha value is -5.60. The Morgan fingerprint density at radius 1 is 0.318 bits per heavy atom. The van der Waals surface area contributed by atoms with Gasteiger partial charge in [0, 0.05) is 34.6 Å². The minimum atomic E-state index is 0.988. The van der Waals surface area contributed by atoms with Crippen LogP contribution in [-0.4, -0.2) is 9.97 Å². The zero-order valence-electron chi connectivity index (χ0n) is 24.8. The van der Waals surface area contributed by atoms with Crippen molar-refractivity contribution in [1.82, 2.24) is 9.97 Å². The first-order valence-electron chi connectivity index (χ1n) is 15.1. The van der Waals surface area contributed by atoms with Crippen molar-refractivity contribution in [2.24, 2.45) is 0 Å². The van der Waals surface area contributed by atoms with E-state index in [4.69, 9.17) is 9.97 Å². The smallest absolute Gasteiger partial charge is 0.0702 e. The molecule has 2 heterocycles. The number of aromatic nitrogens is 2. The summed E-state index contributed by atoms with van der Waals surface area (Å²) in [6.45, 7) is 4.21. The van der Waals surface area contributed by atoms with Gasteiger partial charge in [0.25, 0.3) is 0 Å². The Bertz CT molecular complexity index is 2110. The number of rotatable bonds is 4. The van der Waals surface area contributed by atoms with Crippen LogP contribution < -0.4 is 0 Å². The zero-order valence-corrected chi connectivity index (χ0v) is 24.8. The third-order valence-electron chi connectivity index (χ3n) is 8.73. The summed E-state index contributed by atoms with van der Waals surface area (Å²) in [5, 5.41) is 7.53. The van der Waals surface area contributed by atoms with Gasteiger partial charge < -0.3 is 0 Å². The minimum Gasteiger partial charge on any atom is -0.256 e. The van der Waals surface area contributed by atoms with E-state index in [0.717, 1.165) is 33.6 Å². The normalized spacial score (nSPS) is 11.4. The fraction of sp³-hybridized carbons (Fsp3) is 0.0476. The molecule has 44 heavy (non-hydrogen) atoms. The van der Waals surface area contributed by atoms with Crippen molar-refractivity contribution in [1.29, 1.82) is 0 Å². The van der Waals surface area contributed by atoms with Gasteiger partial charge in [-0.1, -0.05) is 120 Å². The molecule has 0 spiro atoms. The lowest BCUT2D eigenvalue weighted by molar-refractivity contribution is 1.32. The first kappa shape index (κ1) is 26.1. The molecular formula is C42H30N2. The lowest BCUT2D eigenvalue weighted by Crippen LogP contribution is -1.89. The van der Waals surface area contributed by atoms with Crippen molar-refractivity contribution in [2.75, 3.05) is 0 Å². The topological polar surface area (TPSA) is 25.8 Å². The van der Waals surface area contributed by atoms with Gasteiger partial charge in [0.1, 0.15) is 0 Å². The van der Waals surface area contributed by atoms with Crippen LogP contribution in [0.15, 0.2) is 146 Å². The van der Waals surface area contributed by atoms with E-state index in [1.807, 2.05) is 12.4 Å². The van der Waals surface area contributed by atoms with Crippen LogP contribution in [0.5, 0.6) is 0 Å². The molecular weight excluding hydrogens is 532 g/mol. The number of fused-ring (bicyclic) bond motifs is 6. The van der Waals surface area contributed by atoms with E-state index in [0.29, 0.717) is 0 Å². The highest BCUT2D eigenvalue weighted by Crippen LogP contribution is 2.39. The fourth-order valence-electron chi connectivity index (χ4n) is 6.24. The average Bonchev–Trinajstić information content (AvgIpc) is 3.09. The fourth-order valence-corrected chi connectivity index (χ4v) is 6.24. The van der Waals surface area contributed by atoms with E-state index in [9.17, 15) is 0 Å². The third kappa shape index (κ3) is 4.62. The standard InChI is InChI=1S/C42H30N2/c1-27-7-11-29(12-8-27)41-21-17-33(25-43-41)31-15-19-37-38-20-16-32(24-40(38)36-6-4-3-5-35(36)39(37)23-31)34-18-22-42(44-26-34)30-13-9-28(2)10-14-30/h3-26H,1-2H3. The maximum absolute atomic E-state index is 4.81. The largest absolute Gasteiger partial charge is 0.256 e. The molecule has 0 radical (unpaired) electrons. The Morgan fingerprint density at radius 2 is 0.682 bits per heavy atom. The van der Waals surface area contributed by atoms with E-state index >= 15 is 0 Å². The minimum absolute atomic E-state index is 0.988. The molecule has 0 saturated heterocycles. The molecule has 8 rings (SSSR count). The second-order valence-electron chi connectivity index (χ2n) is 11.7. The number of nitrogens with zero attached hydrogens (tertiary/aromatic N) is 2. The van der Waals surface area contributed by atoms with Gasteiger partial charge in [-0.15, -0.1) is 0 Å². The lowest BCUT2D eigenvalue weighted by Gasteiger charge is -2.14. The van der Waals surface area contributed by atoms with Crippen molar-refractivity contribution in [3.8, 4) is 44.8 Å². The molecule has 0 aliphatic carbocycles. The predicted octanol–water partition coefficient (Wildman–Crippen LogP) is 11.2. The number of hydrogen-bond acceptors (Lipinski definition) is 2. The van der Waals surface area contributed by atoms with Crippen molar-refractivity contribution < 1.29 is 0 Å². The number of aryl methyl sites for hydroxylation is 2.